The summed E-state index contributed by atoms with van der Waals surface area (Å²) in [7, 11) is 0. The highest BCUT2D eigenvalue weighted by atomic mass is 19.1. The van der Waals surface area contributed by atoms with E-state index in [4.69, 9.17) is 0 Å². The predicted molar refractivity (Wildman–Crippen MR) is 150 cm³/mol. The first-order valence-electron chi connectivity index (χ1n) is 14.8. The van der Waals surface area contributed by atoms with Gasteiger partial charge in [0.15, 0.2) is 0 Å². The Morgan fingerprint density at radius 3 is 1.97 bits per heavy atom. The van der Waals surface area contributed by atoms with Crippen LogP contribution in [0.15, 0.2) is 48.5 Å². The molecule has 200 valence electrons. The summed E-state index contributed by atoms with van der Waals surface area (Å²) in [5.41, 5.74) is 5.06. The first kappa shape index (κ1) is 27.7. The highest BCUT2D eigenvalue weighted by Gasteiger charge is 2.30. The highest BCUT2D eigenvalue weighted by Crippen LogP contribution is 2.39. The SMILES string of the molecule is CCC(=O)CCC1CCC(C(=O)CC2CCC(c3ccc(-c4ccc(CCCF)cc4)cc3)CC2)CC1. The van der Waals surface area contributed by atoms with Crippen LogP contribution in [0.2, 0.25) is 0 Å². The zero-order valence-electron chi connectivity index (χ0n) is 22.7. The second-order valence-electron chi connectivity index (χ2n) is 11.6. The van der Waals surface area contributed by atoms with E-state index in [-0.39, 0.29) is 12.6 Å². The summed E-state index contributed by atoms with van der Waals surface area (Å²) in [5, 5.41) is 0. The summed E-state index contributed by atoms with van der Waals surface area (Å²) in [6.45, 7) is 1.69. The molecule has 0 heterocycles. The third-order valence-electron chi connectivity index (χ3n) is 9.13. The number of halogens is 1. The van der Waals surface area contributed by atoms with E-state index in [0.29, 0.717) is 42.2 Å². The zero-order chi connectivity index (χ0) is 26.0. The minimum absolute atomic E-state index is 0.258. The van der Waals surface area contributed by atoms with Crippen LogP contribution in [0.3, 0.4) is 0 Å². The molecule has 2 aliphatic rings. The largest absolute Gasteiger partial charge is 0.300 e. The van der Waals surface area contributed by atoms with Gasteiger partial charge in [0.1, 0.15) is 11.6 Å². The average Bonchev–Trinajstić information content (AvgIpc) is 2.96. The molecule has 0 aromatic heterocycles. The molecule has 2 fully saturated rings. The number of alkyl halides is 1. The zero-order valence-corrected chi connectivity index (χ0v) is 22.7. The number of carbonyl (C=O) groups excluding carboxylic acids is 2. The van der Waals surface area contributed by atoms with Crippen molar-refractivity contribution in [2.45, 2.75) is 103 Å². The fourth-order valence-corrected chi connectivity index (χ4v) is 6.55. The van der Waals surface area contributed by atoms with Gasteiger partial charge in [0.25, 0.3) is 0 Å². The van der Waals surface area contributed by atoms with E-state index in [1.165, 1.54) is 35.1 Å². The Labute approximate surface area is 223 Å². The van der Waals surface area contributed by atoms with Crippen LogP contribution in [0.1, 0.15) is 107 Å². The molecule has 0 radical (unpaired) electrons. The third-order valence-corrected chi connectivity index (χ3v) is 9.13. The molecule has 0 saturated heterocycles. The summed E-state index contributed by atoms with van der Waals surface area (Å²) in [5.74, 6) is 2.95. The number of hydrogen-bond acceptors (Lipinski definition) is 2. The van der Waals surface area contributed by atoms with Gasteiger partial charge in [-0.15, -0.1) is 0 Å². The molecule has 3 heteroatoms. The minimum Gasteiger partial charge on any atom is -0.300 e. The Morgan fingerprint density at radius 2 is 1.38 bits per heavy atom. The lowest BCUT2D eigenvalue weighted by Crippen LogP contribution is -2.25. The number of rotatable bonds is 12. The van der Waals surface area contributed by atoms with Gasteiger partial charge in [0.05, 0.1) is 6.67 Å². The molecule has 2 aromatic carbocycles. The summed E-state index contributed by atoms with van der Waals surface area (Å²) in [4.78, 5) is 24.6. The summed E-state index contributed by atoms with van der Waals surface area (Å²) in [6, 6.07) is 17.6. The van der Waals surface area contributed by atoms with Crippen molar-refractivity contribution in [3.05, 3.63) is 59.7 Å². The summed E-state index contributed by atoms with van der Waals surface area (Å²) >= 11 is 0. The molecule has 2 nitrogen and oxygen atoms in total. The van der Waals surface area contributed by atoms with Crippen molar-refractivity contribution in [1.82, 2.24) is 0 Å². The number of Topliss-reactive ketones (excluding diaryl/α,β-unsaturated/α-hetero) is 2. The molecule has 0 aliphatic heterocycles. The van der Waals surface area contributed by atoms with Crippen LogP contribution in [-0.4, -0.2) is 18.2 Å². The lowest BCUT2D eigenvalue weighted by atomic mass is 9.73. The molecule has 37 heavy (non-hydrogen) atoms. The first-order chi connectivity index (χ1) is 18.1. The molecule has 2 aliphatic carbocycles. The van der Waals surface area contributed by atoms with Gasteiger partial charge in [0, 0.05) is 25.2 Å². The molecule has 0 spiro atoms. The van der Waals surface area contributed by atoms with Gasteiger partial charge in [-0.2, -0.15) is 0 Å². The fourth-order valence-electron chi connectivity index (χ4n) is 6.55. The second kappa shape index (κ2) is 14.0. The molecule has 2 saturated carbocycles. The number of carbonyl (C=O) groups is 2. The number of benzene rings is 2. The number of ketones is 2. The van der Waals surface area contributed by atoms with Crippen LogP contribution in [0.4, 0.5) is 4.39 Å². The van der Waals surface area contributed by atoms with E-state index in [9.17, 15) is 14.0 Å². The maximum Gasteiger partial charge on any atom is 0.136 e. The van der Waals surface area contributed by atoms with Crippen molar-refractivity contribution < 1.29 is 14.0 Å². The van der Waals surface area contributed by atoms with Crippen molar-refractivity contribution in [2.24, 2.45) is 17.8 Å². The van der Waals surface area contributed by atoms with Crippen molar-refractivity contribution in [3.8, 4) is 11.1 Å². The van der Waals surface area contributed by atoms with E-state index in [0.717, 1.165) is 64.2 Å². The Balaban J connectivity index is 1.19. The van der Waals surface area contributed by atoms with Gasteiger partial charge in [-0.1, -0.05) is 55.5 Å². The first-order valence-corrected chi connectivity index (χ1v) is 14.8. The Morgan fingerprint density at radius 1 is 0.784 bits per heavy atom. The van der Waals surface area contributed by atoms with Gasteiger partial charge in [-0.25, -0.2) is 0 Å². The normalized spacial score (nSPS) is 24.1. The topological polar surface area (TPSA) is 34.1 Å². The fraction of sp³-hybridized carbons (Fsp3) is 0.588. The van der Waals surface area contributed by atoms with Crippen LogP contribution >= 0.6 is 0 Å². The van der Waals surface area contributed by atoms with E-state index in [1.807, 2.05) is 6.92 Å². The van der Waals surface area contributed by atoms with Crippen molar-refractivity contribution in [3.63, 3.8) is 0 Å². The lowest BCUT2D eigenvalue weighted by molar-refractivity contribution is -0.125. The van der Waals surface area contributed by atoms with Gasteiger partial charge < -0.3 is 0 Å². The van der Waals surface area contributed by atoms with Crippen LogP contribution in [-0.2, 0) is 16.0 Å². The predicted octanol–water partition coefficient (Wildman–Crippen LogP) is 9.05. The molecular formula is C34H45FO2. The van der Waals surface area contributed by atoms with Gasteiger partial charge >= 0.3 is 0 Å². The maximum atomic E-state index is 13.0. The van der Waals surface area contributed by atoms with Gasteiger partial charge in [-0.05, 0) is 111 Å². The second-order valence-corrected chi connectivity index (χ2v) is 11.6. The smallest absolute Gasteiger partial charge is 0.136 e. The van der Waals surface area contributed by atoms with Crippen molar-refractivity contribution in [2.75, 3.05) is 6.67 Å². The summed E-state index contributed by atoms with van der Waals surface area (Å²) < 4.78 is 12.4. The Kier molecular flexibility index (Phi) is 10.5. The van der Waals surface area contributed by atoms with Gasteiger partial charge in [-0.3, -0.25) is 14.0 Å². The Bertz CT molecular complexity index is 977. The molecule has 0 unspecified atom stereocenters. The molecular weight excluding hydrogens is 459 g/mol. The molecule has 4 rings (SSSR count). The molecule has 0 atom stereocenters. The quantitative estimate of drug-likeness (QED) is 0.289. The minimum atomic E-state index is -0.258. The van der Waals surface area contributed by atoms with Crippen molar-refractivity contribution >= 4 is 11.6 Å². The van der Waals surface area contributed by atoms with Gasteiger partial charge in [0.2, 0.25) is 0 Å². The van der Waals surface area contributed by atoms with E-state index < -0.39 is 0 Å². The molecule has 0 N–H and O–H groups in total. The Hall–Kier alpha value is -2.29. The van der Waals surface area contributed by atoms with E-state index in [1.54, 1.807) is 0 Å². The summed E-state index contributed by atoms with van der Waals surface area (Å²) in [6.07, 6.45) is 13.6. The van der Waals surface area contributed by atoms with Crippen LogP contribution < -0.4 is 0 Å². The van der Waals surface area contributed by atoms with E-state index >= 15 is 0 Å². The molecule has 0 amide bonds. The third kappa shape index (κ3) is 8.09. The number of hydrogen-bond donors (Lipinski definition) is 0. The van der Waals surface area contributed by atoms with E-state index in [2.05, 4.69) is 48.5 Å². The molecule has 2 aromatic rings. The maximum absolute atomic E-state index is 13.0. The molecule has 0 bridgehead atoms. The van der Waals surface area contributed by atoms with Crippen LogP contribution in [0, 0.1) is 17.8 Å². The number of aryl methyl sites for hydroxylation is 1. The standard InChI is InChI=1S/C34H45FO2/c1-2-33(36)22-11-26-7-16-32(17-8-26)34(37)24-27-9-14-29(15-10-27)31-20-18-30(19-21-31)28-12-5-25(6-13-28)4-3-23-35/h5-6,12-13,18-21,26-27,29,32H,2-4,7-11,14-17,22-24H2,1H3. The highest BCUT2D eigenvalue weighted by molar-refractivity contribution is 5.81. The van der Waals surface area contributed by atoms with Crippen molar-refractivity contribution in [1.29, 1.82) is 0 Å². The average molecular weight is 505 g/mol. The van der Waals surface area contributed by atoms with Crippen LogP contribution in [0.25, 0.3) is 11.1 Å². The van der Waals surface area contributed by atoms with Crippen LogP contribution in [0.5, 0.6) is 0 Å². The monoisotopic (exact) mass is 504 g/mol. The lowest BCUT2D eigenvalue weighted by Gasteiger charge is -2.31.